The first-order valence-electron chi connectivity index (χ1n) is 17.4. The lowest BCUT2D eigenvalue weighted by molar-refractivity contribution is -0.136. The van der Waals surface area contributed by atoms with E-state index >= 15 is 0 Å². The maximum Gasteiger partial charge on any atom is 0.244 e. The molecule has 5 aromatic rings. The highest BCUT2D eigenvalue weighted by Gasteiger charge is 2.28. The van der Waals surface area contributed by atoms with Crippen molar-refractivity contribution in [2.75, 3.05) is 6.54 Å². The van der Waals surface area contributed by atoms with Crippen molar-refractivity contribution in [2.24, 2.45) is 5.92 Å². The van der Waals surface area contributed by atoms with Crippen molar-refractivity contribution in [3.63, 3.8) is 0 Å². The number of aromatic nitrogens is 1. The van der Waals surface area contributed by atoms with Gasteiger partial charge in [0.15, 0.2) is 0 Å². The van der Waals surface area contributed by atoms with Crippen LogP contribution in [0.15, 0.2) is 109 Å². The van der Waals surface area contributed by atoms with Crippen LogP contribution in [0.4, 0.5) is 0 Å². The fourth-order valence-corrected chi connectivity index (χ4v) is 6.29. The van der Waals surface area contributed by atoms with Crippen LogP contribution in [0.3, 0.4) is 0 Å². The summed E-state index contributed by atoms with van der Waals surface area (Å²) >= 11 is 0. The Morgan fingerprint density at radius 2 is 1.40 bits per heavy atom. The topological polar surface area (TPSA) is 123 Å². The predicted octanol–water partition coefficient (Wildman–Crippen LogP) is 7.05. The summed E-state index contributed by atoms with van der Waals surface area (Å²) in [5.41, 5.74) is 9.42. The van der Waals surface area contributed by atoms with Crippen LogP contribution >= 0.6 is 0 Å². The second-order valence-corrected chi connectivity index (χ2v) is 14.0. The number of aryl methyl sites for hydroxylation is 1. The molecule has 0 unspecified atom stereocenters. The largest absolute Gasteiger partial charge is 0.361 e. The molecule has 260 valence electrons. The maximum atomic E-state index is 13.8. The van der Waals surface area contributed by atoms with Crippen molar-refractivity contribution < 1.29 is 19.6 Å². The highest BCUT2D eigenvalue weighted by atomic mass is 16.5. The third-order valence-corrected chi connectivity index (χ3v) is 9.27. The van der Waals surface area contributed by atoms with Crippen molar-refractivity contribution in [2.45, 2.75) is 70.8 Å². The van der Waals surface area contributed by atoms with Crippen LogP contribution in [0, 0.1) is 5.92 Å². The van der Waals surface area contributed by atoms with Gasteiger partial charge >= 0.3 is 0 Å². The molecule has 3 amide bonds. The average molecular weight is 673 g/mol. The van der Waals surface area contributed by atoms with Crippen molar-refractivity contribution >= 4 is 28.6 Å². The van der Waals surface area contributed by atoms with Gasteiger partial charge in [0.1, 0.15) is 6.04 Å². The predicted molar refractivity (Wildman–Crippen MR) is 199 cm³/mol. The molecule has 1 heterocycles. The standard InChI is InChI=1S/C42H48N4O4/c1-42(2,3)35-22-20-32(21-23-35)31-18-16-30(17-19-31)12-9-13-33(27-39(47)46-50)40(48)45-38(26-34-28-44-37-15-8-7-14-36(34)37)41(49)43-25-24-29-10-5-4-6-11-29/h4-8,10-11,14-23,28,33,38,44,50H,9,12-13,24-27H2,1-3H3,(H,43,49)(H,45,48)(H,46,47)/t33-,38+/m1/s1. The molecule has 0 fully saturated rings. The Balaban J connectivity index is 1.24. The van der Waals surface area contributed by atoms with Crippen LogP contribution in [-0.4, -0.2) is 40.5 Å². The fraction of sp³-hybridized carbons (Fsp3) is 0.310. The lowest BCUT2D eigenvalue weighted by Crippen LogP contribution is -2.50. The van der Waals surface area contributed by atoms with E-state index < -0.39 is 23.8 Å². The summed E-state index contributed by atoms with van der Waals surface area (Å²) in [7, 11) is 0. The summed E-state index contributed by atoms with van der Waals surface area (Å²) in [5.74, 6) is -2.07. The number of nitrogens with one attached hydrogen (secondary N) is 4. The van der Waals surface area contributed by atoms with E-state index in [0.29, 0.717) is 32.2 Å². The Kier molecular flexibility index (Phi) is 12.2. The number of carbonyl (C=O) groups is 3. The molecule has 8 nitrogen and oxygen atoms in total. The first-order chi connectivity index (χ1) is 24.1. The van der Waals surface area contributed by atoms with Crippen LogP contribution in [0.25, 0.3) is 22.0 Å². The van der Waals surface area contributed by atoms with E-state index in [2.05, 4.69) is 84.9 Å². The number of hydrogen-bond donors (Lipinski definition) is 5. The molecule has 0 aliphatic rings. The van der Waals surface area contributed by atoms with E-state index in [9.17, 15) is 19.6 Å². The van der Waals surface area contributed by atoms with Crippen molar-refractivity contribution in [1.29, 1.82) is 0 Å². The monoisotopic (exact) mass is 672 g/mol. The van der Waals surface area contributed by atoms with Crippen molar-refractivity contribution in [3.8, 4) is 11.1 Å². The first kappa shape index (κ1) is 36.1. The molecule has 4 aromatic carbocycles. The van der Waals surface area contributed by atoms with Gasteiger partial charge in [0, 0.05) is 42.4 Å². The Labute approximate surface area is 294 Å². The molecular weight excluding hydrogens is 624 g/mol. The third kappa shape index (κ3) is 9.92. The van der Waals surface area contributed by atoms with Crippen LogP contribution < -0.4 is 16.1 Å². The minimum Gasteiger partial charge on any atom is -0.361 e. The number of H-pyrrole nitrogens is 1. The highest BCUT2D eigenvalue weighted by molar-refractivity contribution is 5.91. The van der Waals surface area contributed by atoms with Gasteiger partial charge in [-0.15, -0.1) is 0 Å². The molecule has 0 saturated carbocycles. The quantitative estimate of drug-likeness (QED) is 0.0604. The molecule has 0 aliphatic heterocycles. The SMILES string of the molecule is CC(C)(C)c1ccc(-c2ccc(CCC[C@H](CC(=O)NO)C(=O)N[C@@H](Cc3c[nH]c4ccccc34)C(=O)NCCc3ccccc3)cc2)cc1. The minimum atomic E-state index is -0.859. The number of aromatic amines is 1. The molecule has 0 radical (unpaired) electrons. The highest BCUT2D eigenvalue weighted by Crippen LogP contribution is 2.27. The Morgan fingerprint density at radius 1 is 0.760 bits per heavy atom. The van der Waals surface area contributed by atoms with Crippen LogP contribution in [0.5, 0.6) is 0 Å². The van der Waals surface area contributed by atoms with E-state index in [0.717, 1.165) is 38.7 Å². The van der Waals surface area contributed by atoms with Crippen LogP contribution in [-0.2, 0) is 39.1 Å². The number of amides is 3. The minimum absolute atomic E-state index is 0.0993. The van der Waals surface area contributed by atoms with Gasteiger partial charge in [-0.25, -0.2) is 5.48 Å². The first-order valence-corrected chi connectivity index (χ1v) is 17.4. The number of rotatable bonds is 15. The summed E-state index contributed by atoms with van der Waals surface area (Å²) in [5, 5.41) is 16.2. The van der Waals surface area contributed by atoms with Crippen molar-refractivity contribution in [3.05, 3.63) is 132 Å². The van der Waals surface area contributed by atoms with E-state index in [1.807, 2.05) is 60.8 Å². The number of para-hydroxylation sites is 1. The van der Waals surface area contributed by atoms with Gasteiger partial charge in [-0.3, -0.25) is 19.6 Å². The van der Waals surface area contributed by atoms with Crippen LogP contribution in [0.1, 0.15) is 62.3 Å². The normalized spacial score (nSPS) is 12.6. The van der Waals surface area contributed by atoms with E-state index in [-0.39, 0.29) is 24.2 Å². The second-order valence-electron chi connectivity index (χ2n) is 14.0. The molecule has 50 heavy (non-hydrogen) atoms. The zero-order valence-electron chi connectivity index (χ0n) is 29.2. The summed E-state index contributed by atoms with van der Waals surface area (Å²) in [6, 6.07) is 33.9. The molecule has 0 aliphatic carbocycles. The Bertz CT molecular complexity index is 1860. The smallest absolute Gasteiger partial charge is 0.244 e. The van der Waals surface area contributed by atoms with Gasteiger partial charge < -0.3 is 15.6 Å². The van der Waals surface area contributed by atoms with Gasteiger partial charge in [0.25, 0.3) is 0 Å². The zero-order valence-corrected chi connectivity index (χ0v) is 29.2. The molecule has 2 atom stereocenters. The van der Waals surface area contributed by atoms with Crippen molar-refractivity contribution in [1.82, 2.24) is 21.1 Å². The van der Waals surface area contributed by atoms with Crippen LogP contribution in [0.2, 0.25) is 0 Å². The molecule has 5 N–H and O–H groups in total. The second kappa shape index (κ2) is 16.9. The number of hydroxylamine groups is 1. The number of carbonyl (C=O) groups excluding carboxylic acids is 3. The molecular formula is C42H48N4O4. The number of fused-ring (bicyclic) bond motifs is 1. The average Bonchev–Trinajstić information content (AvgIpc) is 3.53. The van der Waals surface area contributed by atoms with Gasteiger partial charge in [0.2, 0.25) is 17.7 Å². The fourth-order valence-electron chi connectivity index (χ4n) is 6.29. The van der Waals surface area contributed by atoms with E-state index in [1.54, 1.807) is 5.48 Å². The molecule has 1 aromatic heterocycles. The van der Waals surface area contributed by atoms with E-state index in [1.165, 1.54) is 5.56 Å². The zero-order chi connectivity index (χ0) is 35.5. The summed E-state index contributed by atoms with van der Waals surface area (Å²) in [6.07, 6.45) is 4.37. The van der Waals surface area contributed by atoms with Gasteiger partial charge in [-0.05, 0) is 70.5 Å². The molecule has 0 bridgehead atoms. The summed E-state index contributed by atoms with van der Waals surface area (Å²) in [4.78, 5) is 42.9. The molecule has 8 heteroatoms. The number of benzene rings is 4. The lowest BCUT2D eigenvalue weighted by atomic mass is 9.86. The number of hydrogen-bond acceptors (Lipinski definition) is 4. The molecule has 0 spiro atoms. The van der Waals surface area contributed by atoms with Gasteiger partial charge in [-0.1, -0.05) is 118 Å². The Morgan fingerprint density at radius 3 is 2.08 bits per heavy atom. The third-order valence-electron chi connectivity index (χ3n) is 9.27. The molecule has 0 saturated heterocycles. The summed E-state index contributed by atoms with van der Waals surface area (Å²) in [6.45, 7) is 7.03. The Hall–Kier alpha value is -5.21. The maximum absolute atomic E-state index is 13.8. The van der Waals surface area contributed by atoms with E-state index in [4.69, 9.17) is 0 Å². The lowest BCUT2D eigenvalue weighted by Gasteiger charge is -2.22. The van der Waals surface area contributed by atoms with Gasteiger partial charge in [-0.2, -0.15) is 0 Å². The molecule has 5 rings (SSSR count). The summed E-state index contributed by atoms with van der Waals surface area (Å²) < 4.78 is 0. The van der Waals surface area contributed by atoms with Gasteiger partial charge in [0.05, 0.1) is 0 Å².